The van der Waals surface area contributed by atoms with Gasteiger partial charge in [0.25, 0.3) is 0 Å². The van der Waals surface area contributed by atoms with Gasteiger partial charge in [-0.2, -0.15) is 0 Å². The minimum atomic E-state index is -1.68. The van der Waals surface area contributed by atoms with Gasteiger partial charge in [-0.1, -0.05) is 53.4 Å². The van der Waals surface area contributed by atoms with Crippen LogP contribution < -0.4 is 0 Å². The van der Waals surface area contributed by atoms with Crippen LogP contribution in [0.1, 0.15) is 66.7 Å². The zero-order valence-corrected chi connectivity index (χ0v) is 14.5. The lowest BCUT2D eigenvalue weighted by Crippen LogP contribution is -2.43. The monoisotopic (exact) mass is 268 g/mol. The molecule has 0 heterocycles. The second kappa shape index (κ2) is 8.02. The molecular weight excluding hydrogens is 236 g/mol. The zero-order valence-electron chi connectivity index (χ0n) is 13.5. The summed E-state index contributed by atoms with van der Waals surface area (Å²) < 4.78 is 6.39. The topological polar surface area (TPSA) is 9.23 Å². The van der Waals surface area contributed by atoms with Crippen molar-refractivity contribution in [2.24, 2.45) is 0 Å². The standard InChI is InChI=1S/C16H32OSi/c1-8-10-11-12-14-15(13-9-2)17-18(6,7)16(3,4)5/h15H,8-11,13H2,1-7H3. The highest BCUT2D eigenvalue weighted by Gasteiger charge is 2.38. The van der Waals surface area contributed by atoms with Crippen molar-refractivity contribution >= 4 is 8.32 Å². The molecule has 0 aromatic carbocycles. The van der Waals surface area contributed by atoms with Gasteiger partial charge >= 0.3 is 0 Å². The Morgan fingerprint density at radius 2 is 1.72 bits per heavy atom. The minimum Gasteiger partial charge on any atom is -0.403 e. The van der Waals surface area contributed by atoms with Crippen LogP contribution in [-0.2, 0) is 4.43 Å². The molecule has 0 N–H and O–H groups in total. The Kier molecular flexibility index (Phi) is 7.90. The van der Waals surface area contributed by atoms with E-state index in [9.17, 15) is 0 Å². The van der Waals surface area contributed by atoms with Crippen LogP contribution in [0.25, 0.3) is 0 Å². The predicted octanol–water partition coefficient (Wildman–Crippen LogP) is 5.37. The first-order valence-electron chi connectivity index (χ1n) is 7.40. The molecule has 18 heavy (non-hydrogen) atoms. The molecule has 106 valence electrons. The molecule has 0 fully saturated rings. The second-order valence-corrected chi connectivity index (χ2v) is 11.3. The van der Waals surface area contributed by atoms with Gasteiger partial charge in [0.2, 0.25) is 0 Å². The molecule has 1 nitrogen and oxygen atoms in total. The molecule has 1 unspecified atom stereocenters. The Balaban J connectivity index is 4.56. The van der Waals surface area contributed by atoms with Gasteiger partial charge in [0, 0.05) is 6.42 Å². The SMILES string of the molecule is CCCCC#CC(CCC)O[Si](C)(C)C(C)(C)C. The smallest absolute Gasteiger partial charge is 0.193 e. The van der Waals surface area contributed by atoms with E-state index in [1.807, 2.05) is 0 Å². The molecule has 1 atom stereocenters. The van der Waals surface area contributed by atoms with Crippen molar-refractivity contribution in [3.05, 3.63) is 0 Å². The van der Waals surface area contributed by atoms with Crippen LogP contribution in [0.15, 0.2) is 0 Å². The fourth-order valence-electron chi connectivity index (χ4n) is 1.41. The Morgan fingerprint density at radius 1 is 1.11 bits per heavy atom. The molecule has 0 rings (SSSR count). The molecule has 0 saturated heterocycles. The molecule has 0 radical (unpaired) electrons. The molecule has 0 aromatic heterocycles. The summed E-state index contributed by atoms with van der Waals surface area (Å²) in [6, 6.07) is 0. The van der Waals surface area contributed by atoms with Crippen molar-refractivity contribution in [3.8, 4) is 11.8 Å². The van der Waals surface area contributed by atoms with Crippen LogP contribution >= 0.6 is 0 Å². The second-order valence-electron chi connectivity index (χ2n) is 6.58. The summed E-state index contributed by atoms with van der Waals surface area (Å²) in [6.45, 7) is 15.9. The average Bonchev–Trinajstić information content (AvgIpc) is 2.22. The first-order chi connectivity index (χ1) is 8.24. The summed E-state index contributed by atoms with van der Waals surface area (Å²) in [4.78, 5) is 0. The van der Waals surface area contributed by atoms with Crippen molar-refractivity contribution in [1.29, 1.82) is 0 Å². The highest BCUT2D eigenvalue weighted by Crippen LogP contribution is 2.37. The van der Waals surface area contributed by atoms with Gasteiger partial charge in [-0.05, 0) is 31.0 Å². The number of rotatable bonds is 6. The molecule has 0 bridgehead atoms. The van der Waals surface area contributed by atoms with E-state index in [1.165, 1.54) is 12.8 Å². The lowest BCUT2D eigenvalue weighted by atomic mass is 10.2. The summed E-state index contributed by atoms with van der Waals surface area (Å²) in [5.74, 6) is 6.64. The van der Waals surface area contributed by atoms with Crippen LogP contribution in [0.4, 0.5) is 0 Å². The third-order valence-corrected chi connectivity index (χ3v) is 8.20. The minimum absolute atomic E-state index is 0.146. The third kappa shape index (κ3) is 6.61. The van der Waals surface area contributed by atoms with Crippen molar-refractivity contribution in [3.63, 3.8) is 0 Å². The highest BCUT2D eigenvalue weighted by molar-refractivity contribution is 6.74. The van der Waals surface area contributed by atoms with Gasteiger partial charge in [0.15, 0.2) is 8.32 Å². The Labute approximate surface area is 116 Å². The summed E-state index contributed by atoms with van der Waals surface area (Å²) in [7, 11) is -1.68. The largest absolute Gasteiger partial charge is 0.403 e. The average molecular weight is 269 g/mol. The summed E-state index contributed by atoms with van der Waals surface area (Å²) >= 11 is 0. The van der Waals surface area contributed by atoms with Gasteiger partial charge in [-0.3, -0.25) is 0 Å². The van der Waals surface area contributed by atoms with Gasteiger partial charge in [-0.15, -0.1) is 5.92 Å². The molecule has 0 amide bonds. The molecule has 0 aliphatic rings. The Bertz CT molecular complexity index is 278. The number of hydrogen-bond donors (Lipinski definition) is 0. The van der Waals surface area contributed by atoms with E-state index in [0.717, 1.165) is 19.3 Å². The fourth-order valence-corrected chi connectivity index (χ4v) is 2.65. The lowest BCUT2D eigenvalue weighted by molar-refractivity contribution is 0.222. The zero-order chi connectivity index (χ0) is 14.2. The molecular formula is C16H32OSi. The summed E-state index contributed by atoms with van der Waals surface area (Å²) in [5, 5.41) is 0.268. The van der Waals surface area contributed by atoms with E-state index in [0.29, 0.717) is 0 Å². The van der Waals surface area contributed by atoms with E-state index >= 15 is 0 Å². The molecule has 0 aliphatic carbocycles. The molecule has 0 saturated carbocycles. The summed E-state index contributed by atoms with van der Waals surface area (Å²) in [6.07, 6.45) is 5.78. The van der Waals surface area contributed by atoms with E-state index in [-0.39, 0.29) is 11.1 Å². The van der Waals surface area contributed by atoms with Crippen LogP contribution in [0, 0.1) is 11.8 Å². The third-order valence-electron chi connectivity index (χ3n) is 3.71. The van der Waals surface area contributed by atoms with Crippen LogP contribution in [0.5, 0.6) is 0 Å². The van der Waals surface area contributed by atoms with Crippen molar-refractivity contribution in [2.75, 3.05) is 0 Å². The Hall–Kier alpha value is -0.263. The molecule has 2 heteroatoms. The van der Waals surface area contributed by atoms with E-state index in [4.69, 9.17) is 4.43 Å². The summed E-state index contributed by atoms with van der Waals surface area (Å²) in [5.41, 5.74) is 0. The maximum atomic E-state index is 6.39. The highest BCUT2D eigenvalue weighted by atomic mass is 28.4. The number of unbranched alkanes of at least 4 members (excludes halogenated alkanes) is 2. The molecule has 0 aromatic rings. The molecule has 0 aliphatic heterocycles. The van der Waals surface area contributed by atoms with Crippen molar-refractivity contribution < 1.29 is 4.43 Å². The van der Waals surface area contributed by atoms with E-state index < -0.39 is 8.32 Å². The Morgan fingerprint density at radius 3 is 2.17 bits per heavy atom. The first kappa shape index (κ1) is 17.7. The van der Waals surface area contributed by atoms with Crippen molar-refractivity contribution in [1.82, 2.24) is 0 Å². The normalized spacial score (nSPS) is 13.9. The maximum Gasteiger partial charge on any atom is 0.193 e. The van der Waals surface area contributed by atoms with E-state index in [1.54, 1.807) is 0 Å². The maximum absolute atomic E-state index is 6.39. The van der Waals surface area contributed by atoms with Crippen LogP contribution in [0.3, 0.4) is 0 Å². The predicted molar refractivity (Wildman–Crippen MR) is 84.3 cm³/mol. The van der Waals surface area contributed by atoms with E-state index in [2.05, 4.69) is 59.6 Å². The van der Waals surface area contributed by atoms with Gasteiger partial charge in [0.1, 0.15) is 6.10 Å². The van der Waals surface area contributed by atoms with Gasteiger partial charge < -0.3 is 4.43 Å². The quantitative estimate of drug-likeness (QED) is 0.357. The lowest BCUT2D eigenvalue weighted by Gasteiger charge is -2.38. The fraction of sp³-hybridized carbons (Fsp3) is 0.875. The molecule has 0 spiro atoms. The first-order valence-corrected chi connectivity index (χ1v) is 10.3. The number of hydrogen-bond acceptors (Lipinski definition) is 1. The van der Waals surface area contributed by atoms with Gasteiger partial charge in [-0.25, -0.2) is 0 Å². The van der Waals surface area contributed by atoms with Crippen LogP contribution in [0.2, 0.25) is 18.1 Å². The van der Waals surface area contributed by atoms with Crippen LogP contribution in [-0.4, -0.2) is 14.4 Å². The van der Waals surface area contributed by atoms with Gasteiger partial charge in [0.05, 0.1) is 0 Å². The van der Waals surface area contributed by atoms with Crippen molar-refractivity contribution in [2.45, 2.75) is 91.0 Å².